The molecule has 112 valence electrons. The maximum absolute atomic E-state index is 12.8. The third-order valence-electron chi connectivity index (χ3n) is 3.41. The second-order valence-corrected chi connectivity index (χ2v) is 7.76. The number of nitrogens with zero attached hydrogens (tertiary/aromatic N) is 2. The topological polar surface area (TPSA) is 62.3 Å². The first kappa shape index (κ1) is 15.9. The fourth-order valence-corrected chi connectivity index (χ4v) is 4.72. The largest absolute Gasteiger partial charge is 0.315 e. The lowest BCUT2D eigenvalue weighted by Crippen LogP contribution is -2.48. The van der Waals surface area contributed by atoms with Gasteiger partial charge in [-0.2, -0.15) is 4.31 Å². The molecule has 1 saturated heterocycles. The molecule has 1 fully saturated rings. The normalized spacial score (nSPS) is 20.2. The van der Waals surface area contributed by atoms with Crippen LogP contribution in [0.1, 0.15) is 26.2 Å². The smallest absolute Gasteiger partial charge is 0.244 e. The van der Waals surface area contributed by atoms with E-state index in [4.69, 9.17) is 0 Å². The number of nitrogens with one attached hydrogen (secondary N) is 1. The SMILES string of the molecule is CCCN(C1CCCNC1)S(=O)(=O)c1cncc(Br)c1. The van der Waals surface area contributed by atoms with Gasteiger partial charge in [-0.15, -0.1) is 0 Å². The van der Waals surface area contributed by atoms with E-state index in [9.17, 15) is 8.42 Å². The van der Waals surface area contributed by atoms with Crippen molar-refractivity contribution >= 4 is 26.0 Å². The molecular weight excluding hydrogens is 342 g/mol. The predicted octanol–water partition coefficient (Wildman–Crippen LogP) is 2.00. The fourth-order valence-electron chi connectivity index (χ4n) is 2.47. The quantitative estimate of drug-likeness (QED) is 0.870. The Bertz CT molecular complexity index is 544. The number of hydrogen-bond donors (Lipinski definition) is 1. The van der Waals surface area contributed by atoms with E-state index in [1.165, 1.54) is 6.20 Å². The molecule has 0 amide bonds. The van der Waals surface area contributed by atoms with Gasteiger partial charge in [0.1, 0.15) is 4.90 Å². The van der Waals surface area contributed by atoms with Gasteiger partial charge in [0.15, 0.2) is 0 Å². The highest BCUT2D eigenvalue weighted by Gasteiger charge is 2.31. The molecule has 0 aliphatic carbocycles. The summed E-state index contributed by atoms with van der Waals surface area (Å²) >= 11 is 3.28. The Morgan fingerprint density at radius 2 is 2.30 bits per heavy atom. The van der Waals surface area contributed by atoms with Crippen molar-refractivity contribution in [1.29, 1.82) is 0 Å². The Labute approximate surface area is 129 Å². The van der Waals surface area contributed by atoms with E-state index in [1.54, 1.807) is 16.6 Å². The molecule has 5 nitrogen and oxygen atoms in total. The van der Waals surface area contributed by atoms with Gasteiger partial charge < -0.3 is 5.32 Å². The molecule has 0 spiro atoms. The number of sulfonamides is 1. The average Bonchev–Trinajstić information content (AvgIpc) is 2.45. The maximum atomic E-state index is 12.8. The maximum Gasteiger partial charge on any atom is 0.244 e. The molecule has 2 heterocycles. The van der Waals surface area contributed by atoms with E-state index in [-0.39, 0.29) is 10.9 Å². The third-order valence-corrected chi connectivity index (χ3v) is 5.76. The van der Waals surface area contributed by atoms with E-state index in [0.29, 0.717) is 11.0 Å². The summed E-state index contributed by atoms with van der Waals surface area (Å²) < 4.78 is 27.9. The molecule has 0 aromatic carbocycles. The van der Waals surface area contributed by atoms with Crippen molar-refractivity contribution in [2.75, 3.05) is 19.6 Å². The van der Waals surface area contributed by atoms with Gasteiger partial charge in [-0.05, 0) is 47.8 Å². The predicted molar refractivity (Wildman–Crippen MR) is 82.0 cm³/mol. The van der Waals surface area contributed by atoms with Crippen LogP contribution in [-0.2, 0) is 10.0 Å². The average molecular weight is 362 g/mol. The van der Waals surface area contributed by atoms with Gasteiger partial charge in [-0.3, -0.25) is 4.98 Å². The molecule has 1 aliphatic heterocycles. The molecule has 20 heavy (non-hydrogen) atoms. The van der Waals surface area contributed by atoms with Crippen LogP contribution in [0.4, 0.5) is 0 Å². The van der Waals surface area contributed by atoms with Gasteiger partial charge in [0.2, 0.25) is 10.0 Å². The first-order valence-corrected chi connectivity index (χ1v) is 9.12. The van der Waals surface area contributed by atoms with Crippen LogP contribution in [0.2, 0.25) is 0 Å². The van der Waals surface area contributed by atoms with Crippen molar-refractivity contribution in [3.63, 3.8) is 0 Å². The number of rotatable bonds is 5. The van der Waals surface area contributed by atoms with Crippen LogP contribution in [-0.4, -0.2) is 43.4 Å². The number of hydrogen-bond acceptors (Lipinski definition) is 4. The van der Waals surface area contributed by atoms with Gasteiger partial charge in [0, 0.05) is 36.0 Å². The lowest BCUT2D eigenvalue weighted by atomic mass is 10.1. The van der Waals surface area contributed by atoms with Crippen LogP contribution in [0.15, 0.2) is 27.8 Å². The highest BCUT2D eigenvalue weighted by Crippen LogP contribution is 2.23. The zero-order valence-electron chi connectivity index (χ0n) is 11.5. The van der Waals surface area contributed by atoms with Crippen molar-refractivity contribution in [3.05, 3.63) is 22.9 Å². The minimum atomic E-state index is -3.48. The van der Waals surface area contributed by atoms with E-state index in [2.05, 4.69) is 26.2 Å². The second kappa shape index (κ2) is 6.98. The summed E-state index contributed by atoms with van der Waals surface area (Å²) in [5, 5.41) is 3.28. The Morgan fingerprint density at radius 3 is 2.90 bits per heavy atom. The Hall–Kier alpha value is -0.500. The molecule has 1 aliphatic rings. The van der Waals surface area contributed by atoms with Gasteiger partial charge >= 0.3 is 0 Å². The number of aromatic nitrogens is 1. The zero-order valence-corrected chi connectivity index (χ0v) is 14.0. The molecule has 1 aromatic heterocycles. The molecule has 0 radical (unpaired) electrons. The standard InChI is InChI=1S/C13H20BrN3O2S/c1-2-6-17(12-4-3-5-15-9-12)20(18,19)13-7-11(14)8-16-10-13/h7-8,10,12,15H,2-6,9H2,1H3. The van der Waals surface area contributed by atoms with Crippen molar-refractivity contribution in [1.82, 2.24) is 14.6 Å². The summed E-state index contributed by atoms with van der Waals surface area (Å²) in [5.74, 6) is 0. The van der Waals surface area contributed by atoms with E-state index >= 15 is 0 Å². The van der Waals surface area contributed by atoms with Crippen LogP contribution < -0.4 is 5.32 Å². The molecule has 1 N–H and O–H groups in total. The zero-order chi connectivity index (χ0) is 14.6. The van der Waals surface area contributed by atoms with Crippen molar-refractivity contribution in [2.24, 2.45) is 0 Å². The second-order valence-electron chi connectivity index (χ2n) is 4.95. The summed E-state index contributed by atoms with van der Waals surface area (Å²) in [6.45, 7) is 4.23. The molecular formula is C13H20BrN3O2S. The highest BCUT2D eigenvalue weighted by molar-refractivity contribution is 9.10. The number of pyridine rings is 1. The summed E-state index contributed by atoms with van der Waals surface area (Å²) in [6, 6.07) is 1.65. The van der Waals surface area contributed by atoms with Crippen molar-refractivity contribution in [2.45, 2.75) is 37.1 Å². The van der Waals surface area contributed by atoms with E-state index in [0.717, 1.165) is 32.4 Å². The summed E-state index contributed by atoms with van der Waals surface area (Å²) in [4.78, 5) is 4.23. The highest BCUT2D eigenvalue weighted by atomic mass is 79.9. The molecule has 7 heteroatoms. The van der Waals surface area contributed by atoms with Crippen molar-refractivity contribution in [3.8, 4) is 0 Å². The summed E-state index contributed by atoms with van der Waals surface area (Å²) in [7, 11) is -3.48. The fraction of sp³-hybridized carbons (Fsp3) is 0.615. The summed E-state index contributed by atoms with van der Waals surface area (Å²) in [6.07, 6.45) is 5.73. The van der Waals surface area contributed by atoms with Gasteiger partial charge in [-0.1, -0.05) is 6.92 Å². The van der Waals surface area contributed by atoms with Gasteiger partial charge in [-0.25, -0.2) is 8.42 Å². The van der Waals surface area contributed by atoms with Crippen LogP contribution >= 0.6 is 15.9 Å². The van der Waals surface area contributed by atoms with Gasteiger partial charge in [0.25, 0.3) is 0 Å². The summed E-state index contributed by atoms with van der Waals surface area (Å²) in [5.41, 5.74) is 0. The van der Waals surface area contributed by atoms with E-state index in [1.807, 2.05) is 6.92 Å². The van der Waals surface area contributed by atoms with Crippen LogP contribution in [0.25, 0.3) is 0 Å². The lowest BCUT2D eigenvalue weighted by molar-refractivity contribution is 0.266. The first-order chi connectivity index (χ1) is 9.55. The van der Waals surface area contributed by atoms with Crippen LogP contribution in [0, 0.1) is 0 Å². The molecule has 0 saturated carbocycles. The minimum Gasteiger partial charge on any atom is -0.315 e. The molecule has 2 rings (SSSR count). The van der Waals surface area contributed by atoms with Crippen LogP contribution in [0.3, 0.4) is 0 Å². The Balaban J connectivity index is 2.31. The third kappa shape index (κ3) is 3.58. The number of halogens is 1. The van der Waals surface area contributed by atoms with Gasteiger partial charge in [0.05, 0.1) is 0 Å². The molecule has 1 aromatic rings. The van der Waals surface area contributed by atoms with Crippen LogP contribution in [0.5, 0.6) is 0 Å². The lowest BCUT2D eigenvalue weighted by Gasteiger charge is -2.33. The Kier molecular flexibility index (Phi) is 5.54. The molecule has 1 atom stereocenters. The first-order valence-electron chi connectivity index (χ1n) is 6.89. The van der Waals surface area contributed by atoms with E-state index < -0.39 is 10.0 Å². The van der Waals surface area contributed by atoms with Crippen molar-refractivity contribution < 1.29 is 8.42 Å². The number of piperidine rings is 1. The Morgan fingerprint density at radius 1 is 1.50 bits per heavy atom. The molecule has 0 bridgehead atoms. The molecule has 1 unspecified atom stereocenters. The minimum absolute atomic E-state index is 0.0349. The monoisotopic (exact) mass is 361 g/mol.